The molecule has 0 saturated heterocycles. The van der Waals surface area contributed by atoms with Gasteiger partial charge in [0.1, 0.15) is 5.54 Å². The van der Waals surface area contributed by atoms with Crippen molar-refractivity contribution in [2.45, 2.75) is 59.1 Å². The Morgan fingerprint density at radius 2 is 1.94 bits per heavy atom. The monoisotopic (exact) mass is 259 g/mol. The van der Waals surface area contributed by atoms with Crippen molar-refractivity contribution in [2.75, 3.05) is 20.3 Å². The van der Waals surface area contributed by atoms with Gasteiger partial charge in [0, 0.05) is 0 Å². The Kier molecular flexibility index (Phi) is 8.20. The van der Waals surface area contributed by atoms with E-state index in [0.717, 1.165) is 19.4 Å². The van der Waals surface area contributed by atoms with E-state index >= 15 is 0 Å². The first-order chi connectivity index (χ1) is 8.35. The molecule has 2 unspecified atom stereocenters. The van der Waals surface area contributed by atoms with Crippen molar-refractivity contribution < 1.29 is 14.3 Å². The summed E-state index contributed by atoms with van der Waals surface area (Å²) in [7, 11) is 1.41. The van der Waals surface area contributed by atoms with Gasteiger partial charge in [-0.15, -0.1) is 0 Å². The average Bonchev–Trinajstić information content (AvgIpc) is 2.32. The Labute approximate surface area is 111 Å². The lowest BCUT2D eigenvalue weighted by molar-refractivity contribution is -0.151. The molecule has 18 heavy (non-hydrogen) atoms. The molecule has 0 heterocycles. The Bertz CT molecular complexity index is 243. The number of carbonyl (C=O) groups is 1. The second kappa shape index (κ2) is 8.48. The van der Waals surface area contributed by atoms with E-state index < -0.39 is 5.54 Å². The molecule has 0 aliphatic rings. The summed E-state index contributed by atoms with van der Waals surface area (Å²) >= 11 is 0. The number of carbonyl (C=O) groups excluding carboxylic acids is 1. The number of nitrogens with one attached hydrogen (secondary N) is 1. The van der Waals surface area contributed by atoms with E-state index in [9.17, 15) is 4.79 Å². The van der Waals surface area contributed by atoms with Crippen LogP contribution in [-0.4, -0.2) is 37.9 Å². The summed E-state index contributed by atoms with van der Waals surface area (Å²) in [5, 5.41) is 3.21. The van der Waals surface area contributed by atoms with Crippen molar-refractivity contribution in [1.82, 2.24) is 5.32 Å². The summed E-state index contributed by atoms with van der Waals surface area (Å²) in [4.78, 5) is 11.8. The third-order valence-corrected chi connectivity index (χ3v) is 2.86. The predicted octanol–water partition coefficient (Wildman–Crippen LogP) is 2.37. The summed E-state index contributed by atoms with van der Waals surface area (Å²) in [6.45, 7) is 11.4. The SMILES string of the molecule is CCCNC(C)(COC(C)CC(C)C)C(=O)OC. The Balaban J connectivity index is 4.36. The van der Waals surface area contributed by atoms with Crippen molar-refractivity contribution >= 4 is 5.97 Å². The van der Waals surface area contributed by atoms with Crippen molar-refractivity contribution in [3.05, 3.63) is 0 Å². The van der Waals surface area contributed by atoms with Gasteiger partial charge < -0.3 is 14.8 Å². The number of rotatable bonds is 9. The minimum atomic E-state index is -0.754. The molecule has 0 radical (unpaired) electrons. The molecule has 1 N–H and O–H groups in total. The highest BCUT2D eigenvalue weighted by atomic mass is 16.5. The maximum Gasteiger partial charge on any atom is 0.328 e. The third kappa shape index (κ3) is 6.36. The number of hydrogen-bond donors (Lipinski definition) is 1. The highest BCUT2D eigenvalue weighted by molar-refractivity contribution is 5.80. The van der Waals surface area contributed by atoms with Gasteiger partial charge >= 0.3 is 5.97 Å². The van der Waals surface area contributed by atoms with Crippen LogP contribution < -0.4 is 5.32 Å². The maximum atomic E-state index is 11.8. The highest BCUT2D eigenvalue weighted by Gasteiger charge is 2.34. The fourth-order valence-corrected chi connectivity index (χ4v) is 1.85. The van der Waals surface area contributed by atoms with Crippen LogP contribution in [0, 0.1) is 5.92 Å². The van der Waals surface area contributed by atoms with Crippen LogP contribution in [0.4, 0.5) is 0 Å². The van der Waals surface area contributed by atoms with E-state index in [1.807, 2.05) is 13.8 Å². The number of esters is 1. The first-order valence-electron chi connectivity index (χ1n) is 6.80. The Morgan fingerprint density at radius 1 is 1.33 bits per heavy atom. The van der Waals surface area contributed by atoms with Crippen LogP contribution in [0.2, 0.25) is 0 Å². The summed E-state index contributed by atoms with van der Waals surface area (Å²) in [5.74, 6) is 0.320. The maximum absolute atomic E-state index is 11.8. The lowest BCUT2D eigenvalue weighted by atomic mass is 10.0. The zero-order valence-corrected chi connectivity index (χ0v) is 12.7. The number of hydrogen-bond acceptors (Lipinski definition) is 4. The van der Waals surface area contributed by atoms with Crippen LogP contribution in [-0.2, 0) is 14.3 Å². The van der Waals surface area contributed by atoms with E-state index in [4.69, 9.17) is 9.47 Å². The standard InChI is InChI=1S/C14H29NO3/c1-7-8-15-14(5,13(16)17-6)10-18-12(4)9-11(2)3/h11-12,15H,7-10H2,1-6H3. The van der Waals surface area contributed by atoms with Crippen LogP contribution in [0.5, 0.6) is 0 Å². The molecule has 0 aliphatic heterocycles. The van der Waals surface area contributed by atoms with Crippen molar-refractivity contribution in [3.8, 4) is 0 Å². The zero-order chi connectivity index (χ0) is 14.2. The number of methoxy groups -OCH3 is 1. The molecule has 108 valence electrons. The summed E-state index contributed by atoms with van der Waals surface area (Å²) in [6, 6.07) is 0. The summed E-state index contributed by atoms with van der Waals surface area (Å²) in [6.07, 6.45) is 2.11. The lowest BCUT2D eigenvalue weighted by Gasteiger charge is -2.29. The molecule has 0 aliphatic carbocycles. The van der Waals surface area contributed by atoms with Gasteiger partial charge in [0.2, 0.25) is 0 Å². The highest BCUT2D eigenvalue weighted by Crippen LogP contribution is 2.13. The van der Waals surface area contributed by atoms with Crippen molar-refractivity contribution in [1.29, 1.82) is 0 Å². The molecule has 0 aromatic carbocycles. The molecular formula is C14H29NO3. The Hall–Kier alpha value is -0.610. The first-order valence-corrected chi connectivity index (χ1v) is 6.80. The van der Waals surface area contributed by atoms with Crippen LogP contribution in [0.15, 0.2) is 0 Å². The normalized spacial score (nSPS) is 16.4. The molecule has 0 amide bonds. The van der Waals surface area contributed by atoms with Gasteiger partial charge in [-0.25, -0.2) is 4.79 Å². The van der Waals surface area contributed by atoms with Gasteiger partial charge in [0.15, 0.2) is 0 Å². The minimum absolute atomic E-state index is 0.150. The molecule has 0 fully saturated rings. The minimum Gasteiger partial charge on any atom is -0.468 e. The van der Waals surface area contributed by atoms with Gasteiger partial charge in [0.05, 0.1) is 19.8 Å². The topological polar surface area (TPSA) is 47.6 Å². The molecular weight excluding hydrogens is 230 g/mol. The zero-order valence-electron chi connectivity index (χ0n) is 12.7. The fraction of sp³-hybridized carbons (Fsp3) is 0.929. The first kappa shape index (κ1) is 17.4. The van der Waals surface area contributed by atoms with Gasteiger partial charge in [-0.1, -0.05) is 20.8 Å². The second-order valence-corrected chi connectivity index (χ2v) is 5.50. The van der Waals surface area contributed by atoms with Crippen LogP contribution in [0.25, 0.3) is 0 Å². The van der Waals surface area contributed by atoms with E-state index in [2.05, 4.69) is 26.1 Å². The summed E-state index contributed by atoms with van der Waals surface area (Å²) in [5.41, 5.74) is -0.754. The Morgan fingerprint density at radius 3 is 2.39 bits per heavy atom. The predicted molar refractivity (Wildman–Crippen MR) is 73.6 cm³/mol. The molecule has 0 bridgehead atoms. The third-order valence-electron chi connectivity index (χ3n) is 2.86. The molecule has 0 aromatic heterocycles. The summed E-state index contributed by atoms with van der Waals surface area (Å²) < 4.78 is 10.6. The second-order valence-electron chi connectivity index (χ2n) is 5.50. The number of ether oxygens (including phenoxy) is 2. The molecule has 0 spiro atoms. The van der Waals surface area contributed by atoms with Gasteiger partial charge in [-0.2, -0.15) is 0 Å². The van der Waals surface area contributed by atoms with E-state index in [0.29, 0.717) is 12.5 Å². The van der Waals surface area contributed by atoms with Crippen molar-refractivity contribution in [2.24, 2.45) is 5.92 Å². The van der Waals surface area contributed by atoms with Gasteiger partial charge in [-0.3, -0.25) is 0 Å². The largest absolute Gasteiger partial charge is 0.468 e. The van der Waals surface area contributed by atoms with Gasteiger partial charge in [0.25, 0.3) is 0 Å². The van der Waals surface area contributed by atoms with Crippen LogP contribution >= 0.6 is 0 Å². The lowest BCUT2D eigenvalue weighted by Crippen LogP contribution is -2.54. The fourth-order valence-electron chi connectivity index (χ4n) is 1.85. The van der Waals surface area contributed by atoms with Crippen LogP contribution in [0.1, 0.15) is 47.5 Å². The van der Waals surface area contributed by atoms with Crippen LogP contribution in [0.3, 0.4) is 0 Å². The molecule has 0 aromatic rings. The van der Waals surface area contributed by atoms with E-state index in [1.54, 1.807) is 0 Å². The quantitative estimate of drug-likeness (QED) is 0.646. The van der Waals surface area contributed by atoms with E-state index in [-0.39, 0.29) is 12.1 Å². The molecule has 2 atom stereocenters. The molecule has 4 heteroatoms. The van der Waals surface area contributed by atoms with E-state index in [1.165, 1.54) is 7.11 Å². The average molecular weight is 259 g/mol. The molecule has 0 saturated carbocycles. The van der Waals surface area contributed by atoms with Crippen molar-refractivity contribution in [3.63, 3.8) is 0 Å². The smallest absolute Gasteiger partial charge is 0.328 e. The molecule has 0 rings (SSSR count). The molecule has 4 nitrogen and oxygen atoms in total. The van der Waals surface area contributed by atoms with Gasteiger partial charge in [-0.05, 0) is 39.2 Å².